The summed E-state index contributed by atoms with van der Waals surface area (Å²) in [7, 11) is 0. The molecule has 1 aliphatic carbocycles. The molecule has 0 aliphatic heterocycles. The van der Waals surface area contributed by atoms with Crippen molar-refractivity contribution in [1.82, 2.24) is 0 Å². The molecule has 1 saturated carbocycles. The third-order valence-corrected chi connectivity index (χ3v) is 1.77. The molecular weight excluding hydrogens is 76.1 g/mol. The topological polar surface area (TPSA) is 20.2 Å². The minimum absolute atomic E-state index is 0.0185. The van der Waals surface area contributed by atoms with Gasteiger partial charge in [0.15, 0.2) is 0 Å². The largest absolute Gasteiger partial charge is 0.393 e. The van der Waals surface area contributed by atoms with Crippen molar-refractivity contribution in [2.24, 2.45) is 11.8 Å². The molecule has 0 heterocycles. The van der Waals surface area contributed by atoms with Gasteiger partial charge in [-0.05, 0) is 11.8 Å². The fourth-order valence-corrected chi connectivity index (χ4v) is 0.636. The smallest absolute Gasteiger partial charge is 0.0598 e. The lowest BCUT2D eigenvalue weighted by atomic mass is 10.4. The number of hydrogen-bond acceptors (Lipinski definition) is 1. The van der Waals surface area contributed by atoms with Crippen LogP contribution in [0.25, 0.3) is 0 Å². The van der Waals surface area contributed by atoms with Gasteiger partial charge in [0.1, 0.15) is 0 Å². The molecule has 0 saturated heterocycles. The fourth-order valence-electron chi connectivity index (χ4n) is 0.636. The molecule has 1 N–H and O–H groups in total. The van der Waals surface area contributed by atoms with Crippen LogP contribution >= 0.6 is 0 Å². The van der Waals surface area contributed by atoms with Crippen molar-refractivity contribution in [3.8, 4) is 0 Å². The standard InChI is InChI=1S/C5H10O/c1-3-4(2)5(3)6/h3-6H,1-2H3/t3-,4+,5?. The van der Waals surface area contributed by atoms with Crippen molar-refractivity contribution >= 4 is 0 Å². The zero-order valence-corrected chi connectivity index (χ0v) is 4.18. The summed E-state index contributed by atoms with van der Waals surface area (Å²) in [6.45, 7) is 4.13. The summed E-state index contributed by atoms with van der Waals surface area (Å²) in [6, 6.07) is 0. The van der Waals surface area contributed by atoms with Crippen LogP contribution in [0.4, 0.5) is 0 Å². The average Bonchev–Trinajstić information content (AvgIpc) is 1.94. The summed E-state index contributed by atoms with van der Waals surface area (Å²) in [5.41, 5.74) is 0. The van der Waals surface area contributed by atoms with Crippen molar-refractivity contribution in [2.75, 3.05) is 0 Å². The van der Waals surface area contributed by atoms with E-state index in [1.807, 2.05) is 0 Å². The van der Waals surface area contributed by atoms with Crippen LogP contribution in [-0.4, -0.2) is 11.2 Å². The van der Waals surface area contributed by atoms with Crippen molar-refractivity contribution in [3.05, 3.63) is 0 Å². The van der Waals surface area contributed by atoms with E-state index in [4.69, 9.17) is 5.11 Å². The molecule has 0 amide bonds. The van der Waals surface area contributed by atoms with Gasteiger partial charge in [-0.3, -0.25) is 0 Å². The van der Waals surface area contributed by atoms with Gasteiger partial charge in [0.25, 0.3) is 0 Å². The Labute approximate surface area is 38.0 Å². The van der Waals surface area contributed by atoms with E-state index in [0.717, 1.165) is 0 Å². The normalized spacial score (nSPS) is 55.5. The van der Waals surface area contributed by atoms with Crippen LogP contribution in [0.3, 0.4) is 0 Å². The highest BCUT2D eigenvalue weighted by Gasteiger charge is 2.40. The van der Waals surface area contributed by atoms with Crippen LogP contribution in [0.1, 0.15) is 13.8 Å². The predicted molar refractivity (Wildman–Crippen MR) is 24.3 cm³/mol. The van der Waals surface area contributed by atoms with Gasteiger partial charge < -0.3 is 5.11 Å². The molecule has 1 fully saturated rings. The van der Waals surface area contributed by atoms with Crippen LogP contribution in [0, 0.1) is 11.8 Å². The van der Waals surface area contributed by atoms with Gasteiger partial charge in [-0.25, -0.2) is 0 Å². The molecule has 0 aromatic carbocycles. The first kappa shape index (κ1) is 4.13. The zero-order valence-electron chi connectivity index (χ0n) is 4.18. The minimum atomic E-state index is 0.0185. The Bertz CT molecular complexity index is 40.7. The maximum Gasteiger partial charge on any atom is 0.0598 e. The summed E-state index contributed by atoms with van der Waals surface area (Å²) in [5, 5.41) is 8.70. The molecule has 0 spiro atoms. The number of aliphatic hydroxyl groups excluding tert-OH is 1. The molecule has 0 aromatic rings. The van der Waals surface area contributed by atoms with Crippen molar-refractivity contribution in [3.63, 3.8) is 0 Å². The summed E-state index contributed by atoms with van der Waals surface area (Å²) in [4.78, 5) is 0. The Morgan fingerprint density at radius 1 is 1.17 bits per heavy atom. The van der Waals surface area contributed by atoms with Crippen molar-refractivity contribution in [1.29, 1.82) is 0 Å². The Balaban J connectivity index is 2.31. The second kappa shape index (κ2) is 0.969. The van der Waals surface area contributed by atoms with E-state index < -0.39 is 0 Å². The van der Waals surface area contributed by atoms with E-state index in [0.29, 0.717) is 11.8 Å². The molecular formula is C5H10O. The van der Waals surface area contributed by atoms with E-state index >= 15 is 0 Å². The highest BCUT2D eigenvalue weighted by molar-refractivity contribution is 4.90. The van der Waals surface area contributed by atoms with Gasteiger partial charge in [-0.2, -0.15) is 0 Å². The maximum atomic E-state index is 8.70. The number of aliphatic hydroxyl groups is 1. The maximum absolute atomic E-state index is 8.70. The molecule has 0 radical (unpaired) electrons. The summed E-state index contributed by atoms with van der Waals surface area (Å²) in [5.74, 6) is 1.15. The first-order chi connectivity index (χ1) is 2.73. The van der Waals surface area contributed by atoms with Gasteiger partial charge in [0.2, 0.25) is 0 Å². The lowest BCUT2D eigenvalue weighted by Gasteiger charge is -1.68. The molecule has 36 valence electrons. The highest BCUT2D eigenvalue weighted by Crippen LogP contribution is 2.37. The van der Waals surface area contributed by atoms with Crippen LogP contribution in [0.2, 0.25) is 0 Å². The van der Waals surface area contributed by atoms with E-state index in [-0.39, 0.29) is 6.10 Å². The van der Waals surface area contributed by atoms with Crippen LogP contribution in [0.5, 0.6) is 0 Å². The van der Waals surface area contributed by atoms with Gasteiger partial charge in [0.05, 0.1) is 6.10 Å². The lowest BCUT2D eigenvalue weighted by molar-refractivity contribution is 0.252. The Morgan fingerprint density at radius 3 is 1.33 bits per heavy atom. The zero-order chi connectivity index (χ0) is 4.73. The molecule has 0 bridgehead atoms. The lowest BCUT2D eigenvalue weighted by Crippen LogP contribution is -1.77. The van der Waals surface area contributed by atoms with Crippen LogP contribution in [0.15, 0.2) is 0 Å². The second-order valence-corrected chi connectivity index (χ2v) is 2.21. The average molecular weight is 86.1 g/mol. The van der Waals surface area contributed by atoms with Gasteiger partial charge in [-0.15, -0.1) is 0 Å². The fraction of sp³-hybridized carbons (Fsp3) is 1.00. The highest BCUT2D eigenvalue weighted by atomic mass is 16.3. The molecule has 1 unspecified atom stereocenters. The molecule has 1 rings (SSSR count). The third kappa shape index (κ3) is 0.350. The Morgan fingerprint density at radius 2 is 1.33 bits per heavy atom. The van der Waals surface area contributed by atoms with Gasteiger partial charge in [-0.1, -0.05) is 13.8 Å². The van der Waals surface area contributed by atoms with Crippen LogP contribution in [-0.2, 0) is 0 Å². The van der Waals surface area contributed by atoms with Gasteiger partial charge in [0, 0.05) is 0 Å². The number of hydrogen-bond donors (Lipinski definition) is 1. The van der Waals surface area contributed by atoms with Crippen molar-refractivity contribution < 1.29 is 5.11 Å². The van der Waals surface area contributed by atoms with Gasteiger partial charge >= 0.3 is 0 Å². The first-order valence-corrected chi connectivity index (χ1v) is 2.41. The van der Waals surface area contributed by atoms with E-state index in [1.165, 1.54) is 0 Å². The summed E-state index contributed by atoms with van der Waals surface area (Å²) >= 11 is 0. The molecule has 6 heavy (non-hydrogen) atoms. The molecule has 3 atom stereocenters. The monoisotopic (exact) mass is 86.1 g/mol. The predicted octanol–water partition coefficient (Wildman–Crippen LogP) is 0.633. The van der Waals surface area contributed by atoms with E-state index in [2.05, 4.69) is 13.8 Å². The Hall–Kier alpha value is -0.0400. The van der Waals surface area contributed by atoms with E-state index in [9.17, 15) is 0 Å². The SMILES string of the molecule is C[C@@H]1C(O)[C@@H]1C. The molecule has 1 aliphatic rings. The molecule has 1 nitrogen and oxygen atoms in total. The summed E-state index contributed by atoms with van der Waals surface area (Å²) < 4.78 is 0. The van der Waals surface area contributed by atoms with E-state index in [1.54, 1.807) is 0 Å². The second-order valence-electron chi connectivity index (χ2n) is 2.21. The summed E-state index contributed by atoms with van der Waals surface area (Å²) in [6.07, 6.45) is 0.0185. The minimum Gasteiger partial charge on any atom is -0.393 e. The first-order valence-electron chi connectivity index (χ1n) is 2.41. The van der Waals surface area contributed by atoms with Crippen molar-refractivity contribution in [2.45, 2.75) is 20.0 Å². The third-order valence-electron chi connectivity index (χ3n) is 1.77. The molecule has 0 aromatic heterocycles. The molecule has 1 heteroatoms. The Kier molecular flexibility index (Phi) is 0.667. The van der Waals surface area contributed by atoms with Crippen LogP contribution < -0.4 is 0 Å². The number of rotatable bonds is 0. The quantitative estimate of drug-likeness (QED) is 0.458.